The number of para-hydroxylation sites is 1. The SMILES string of the molecule is CSc1ccccc1OCc1ccc(C=CC(=O)O)cc1. The van der Waals surface area contributed by atoms with Crippen molar-refractivity contribution in [3.63, 3.8) is 0 Å². The molecule has 0 heterocycles. The molecule has 0 saturated carbocycles. The molecule has 2 rings (SSSR count). The van der Waals surface area contributed by atoms with Crippen LogP contribution in [0.5, 0.6) is 5.75 Å². The van der Waals surface area contributed by atoms with Gasteiger partial charge < -0.3 is 9.84 Å². The van der Waals surface area contributed by atoms with Gasteiger partial charge in [0.05, 0.1) is 0 Å². The Morgan fingerprint density at radius 1 is 1.19 bits per heavy atom. The first kappa shape index (κ1) is 15.2. The Balaban J connectivity index is 1.99. The zero-order chi connectivity index (χ0) is 15.1. The maximum absolute atomic E-state index is 10.5. The molecule has 0 spiro atoms. The van der Waals surface area contributed by atoms with E-state index in [9.17, 15) is 4.79 Å². The maximum atomic E-state index is 10.5. The molecule has 1 N–H and O–H groups in total. The highest BCUT2D eigenvalue weighted by Crippen LogP contribution is 2.27. The Morgan fingerprint density at radius 2 is 1.90 bits per heavy atom. The molecule has 0 amide bonds. The van der Waals surface area contributed by atoms with Gasteiger partial charge >= 0.3 is 5.97 Å². The summed E-state index contributed by atoms with van der Waals surface area (Å²) in [5, 5.41) is 8.58. The predicted molar refractivity (Wildman–Crippen MR) is 85.7 cm³/mol. The molecule has 0 aliphatic carbocycles. The highest BCUT2D eigenvalue weighted by atomic mass is 32.2. The van der Waals surface area contributed by atoms with Crippen molar-refractivity contribution in [2.24, 2.45) is 0 Å². The molecule has 0 atom stereocenters. The van der Waals surface area contributed by atoms with Crippen LogP contribution in [-0.2, 0) is 11.4 Å². The lowest BCUT2D eigenvalue weighted by atomic mass is 10.1. The fourth-order valence-electron chi connectivity index (χ4n) is 1.79. The molecular formula is C17H16O3S. The Morgan fingerprint density at radius 3 is 2.57 bits per heavy atom. The van der Waals surface area contributed by atoms with Crippen molar-refractivity contribution in [3.05, 3.63) is 65.7 Å². The van der Waals surface area contributed by atoms with Crippen molar-refractivity contribution in [2.75, 3.05) is 6.26 Å². The van der Waals surface area contributed by atoms with Gasteiger partial charge in [0.15, 0.2) is 0 Å². The van der Waals surface area contributed by atoms with Crippen LogP contribution in [-0.4, -0.2) is 17.3 Å². The monoisotopic (exact) mass is 300 g/mol. The summed E-state index contributed by atoms with van der Waals surface area (Å²) < 4.78 is 5.82. The van der Waals surface area contributed by atoms with Gasteiger partial charge in [-0.05, 0) is 35.6 Å². The number of carboxylic acid groups (broad SMARTS) is 1. The first-order chi connectivity index (χ1) is 10.2. The lowest BCUT2D eigenvalue weighted by Crippen LogP contribution is -1.96. The molecule has 3 nitrogen and oxygen atoms in total. The molecule has 4 heteroatoms. The third kappa shape index (κ3) is 4.68. The van der Waals surface area contributed by atoms with Gasteiger partial charge in [0, 0.05) is 11.0 Å². The molecule has 0 saturated heterocycles. The van der Waals surface area contributed by atoms with Gasteiger partial charge in [0.2, 0.25) is 0 Å². The summed E-state index contributed by atoms with van der Waals surface area (Å²) in [5.41, 5.74) is 1.89. The zero-order valence-corrected chi connectivity index (χ0v) is 12.5. The van der Waals surface area contributed by atoms with Crippen molar-refractivity contribution >= 4 is 23.8 Å². The predicted octanol–water partition coefficient (Wildman–Crippen LogP) is 4.09. The van der Waals surface area contributed by atoms with Gasteiger partial charge in [-0.15, -0.1) is 11.8 Å². The topological polar surface area (TPSA) is 46.5 Å². The van der Waals surface area contributed by atoms with E-state index in [0.717, 1.165) is 27.8 Å². The van der Waals surface area contributed by atoms with Gasteiger partial charge in [-0.25, -0.2) is 4.79 Å². The van der Waals surface area contributed by atoms with Crippen LogP contribution >= 0.6 is 11.8 Å². The highest BCUT2D eigenvalue weighted by molar-refractivity contribution is 7.98. The van der Waals surface area contributed by atoms with E-state index in [1.54, 1.807) is 17.8 Å². The lowest BCUT2D eigenvalue weighted by molar-refractivity contribution is -0.131. The Kier molecular flexibility index (Phi) is 5.46. The van der Waals surface area contributed by atoms with Gasteiger partial charge in [0.25, 0.3) is 0 Å². The second-order valence-corrected chi connectivity index (χ2v) is 5.20. The van der Waals surface area contributed by atoms with Crippen molar-refractivity contribution in [2.45, 2.75) is 11.5 Å². The molecule has 2 aromatic rings. The number of aliphatic carboxylic acids is 1. The van der Waals surface area contributed by atoms with Crippen LogP contribution in [0, 0.1) is 0 Å². The number of carbonyl (C=O) groups is 1. The summed E-state index contributed by atoms with van der Waals surface area (Å²) in [6.45, 7) is 0.487. The number of carboxylic acids is 1. The van der Waals surface area contributed by atoms with E-state index in [0.29, 0.717) is 6.61 Å². The molecule has 0 unspecified atom stereocenters. The normalized spacial score (nSPS) is 10.7. The molecule has 0 aliphatic heterocycles. The molecule has 0 aliphatic rings. The molecule has 0 bridgehead atoms. The summed E-state index contributed by atoms with van der Waals surface area (Å²) in [6.07, 6.45) is 4.71. The number of benzene rings is 2. The summed E-state index contributed by atoms with van der Waals surface area (Å²) >= 11 is 1.65. The molecule has 0 radical (unpaired) electrons. The molecular weight excluding hydrogens is 284 g/mol. The van der Waals surface area contributed by atoms with Gasteiger partial charge in [-0.1, -0.05) is 36.4 Å². The Bertz CT molecular complexity index is 633. The van der Waals surface area contributed by atoms with Crippen molar-refractivity contribution in [1.29, 1.82) is 0 Å². The van der Waals surface area contributed by atoms with E-state index in [-0.39, 0.29) is 0 Å². The zero-order valence-electron chi connectivity index (χ0n) is 11.7. The van der Waals surface area contributed by atoms with Crippen LogP contribution in [0.2, 0.25) is 0 Å². The second-order valence-electron chi connectivity index (χ2n) is 4.35. The van der Waals surface area contributed by atoms with Gasteiger partial charge in [-0.2, -0.15) is 0 Å². The first-order valence-corrected chi connectivity index (χ1v) is 7.67. The van der Waals surface area contributed by atoms with Gasteiger partial charge in [-0.3, -0.25) is 0 Å². The Hall–Kier alpha value is -2.20. The third-order valence-corrected chi connectivity index (χ3v) is 3.64. The van der Waals surface area contributed by atoms with Gasteiger partial charge in [0.1, 0.15) is 12.4 Å². The van der Waals surface area contributed by atoms with E-state index in [1.165, 1.54) is 0 Å². The Labute approximate surface area is 128 Å². The quantitative estimate of drug-likeness (QED) is 0.645. The molecule has 2 aromatic carbocycles. The van der Waals surface area contributed by atoms with E-state index >= 15 is 0 Å². The van der Waals surface area contributed by atoms with Crippen LogP contribution in [0.1, 0.15) is 11.1 Å². The third-order valence-electron chi connectivity index (χ3n) is 2.86. The van der Waals surface area contributed by atoms with Crippen molar-refractivity contribution in [3.8, 4) is 5.75 Å². The minimum absolute atomic E-state index is 0.487. The van der Waals surface area contributed by atoms with Crippen LogP contribution < -0.4 is 4.74 Å². The first-order valence-electron chi connectivity index (χ1n) is 6.45. The maximum Gasteiger partial charge on any atom is 0.328 e. The van der Waals surface area contributed by atoms with Crippen molar-refractivity contribution in [1.82, 2.24) is 0 Å². The van der Waals surface area contributed by atoms with Crippen LogP contribution in [0.4, 0.5) is 0 Å². The minimum atomic E-state index is -0.948. The fraction of sp³-hybridized carbons (Fsp3) is 0.118. The number of thioether (sulfide) groups is 1. The van der Waals surface area contributed by atoms with Crippen LogP contribution in [0.25, 0.3) is 6.08 Å². The van der Waals surface area contributed by atoms with Crippen LogP contribution in [0.15, 0.2) is 59.5 Å². The summed E-state index contributed by atoms with van der Waals surface area (Å²) in [6, 6.07) is 15.5. The van der Waals surface area contributed by atoms with E-state index in [2.05, 4.69) is 0 Å². The van der Waals surface area contributed by atoms with Crippen molar-refractivity contribution < 1.29 is 14.6 Å². The average Bonchev–Trinajstić information content (AvgIpc) is 2.52. The standard InChI is InChI=1S/C17H16O3S/c1-21-16-5-3-2-4-15(16)20-12-14-8-6-13(7-9-14)10-11-17(18)19/h2-11H,12H2,1H3,(H,18,19). The smallest absolute Gasteiger partial charge is 0.328 e. The molecule has 108 valence electrons. The number of ether oxygens (including phenoxy) is 1. The molecule has 0 fully saturated rings. The number of hydrogen-bond acceptors (Lipinski definition) is 3. The highest BCUT2D eigenvalue weighted by Gasteiger charge is 2.02. The number of hydrogen-bond donors (Lipinski definition) is 1. The number of rotatable bonds is 6. The minimum Gasteiger partial charge on any atom is -0.488 e. The summed E-state index contributed by atoms with van der Waals surface area (Å²) in [7, 11) is 0. The lowest BCUT2D eigenvalue weighted by Gasteiger charge is -2.09. The van der Waals surface area contributed by atoms with E-state index in [4.69, 9.17) is 9.84 Å². The second kappa shape index (κ2) is 7.55. The fourth-order valence-corrected chi connectivity index (χ4v) is 2.33. The summed E-state index contributed by atoms with van der Waals surface area (Å²) in [5.74, 6) is -0.0732. The largest absolute Gasteiger partial charge is 0.488 e. The summed E-state index contributed by atoms with van der Waals surface area (Å²) in [4.78, 5) is 11.6. The van der Waals surface area contributed by atoms with E-state index in [1.807, 2.05) is 54.8 Å². The average molecular weight is 300 g/mol. The molecule has 21 heavy (non-hydrogen) atoms. The van der Waals surface area contributed by atoms with Crippen LogP contribution in [0.3, 0.4) is 0 Å². The molecule has 0 aromatic heterocycles. The van der Waals surface area contributed by atoms with E-state index < -0.39 is 5.97 Å².